The average molecular weight is 387 g/mol. The van der Waals surface area contributed by atoms with Gasteiger partial charge in [-0.15, -0.1) is 17.0 Å². The molecule has 3 heteroatoms. The van der Waals surface area contributed by atoms with Crippen molar-refractivity contribution >= 4 is 32.9 Å². The Morgan fingerprint density at radius 1 is 0.778 bits per heavy atom. The molecule has 0 aromatic heterocycles. The molecule has 1 unspecified atom stereocenters. The summed E-state index contributed by atoms with van der Waals surface area (Å²) in [6.45, 7) is 5.65. The molecule has 0 rings (SSSR count). The molecule has 0 fully saturated rings. The SMILES string of the molecule is Br.CCCCCCCCCCCCNC(Br)CC. The number of rotatable bonds is 13. The molecule has 0 aromatic rings. The minimum absolute atomic E-state index is 0. The maximum atomic E-state index is 3.59. The summed E-state index contributed by atoms with van der Waals surface area (Å²) in [4.78, 5) is 0.515. The molecule has 112 valence electrons. The van der Waals surface area contributed by atoms with Gasteiger partial charge in [-0.05, 0) is 19.4 Å². The molecule has 0 bridgehead atoms. The maximum absolute atomic E-state index is 3.59. The fraction of sp³-hybridized carbons (Fsp3) is 1.00. The van der Waals surface area contributed by atoms with Crippen molar-refractivity contribution in [1.82, 2.24) is 5.32 Å². The van der Waals surface area contributed by atoms with E-state index in [1.165, 1.54) is 70.8 Å². The molecule has 0 saturated carbocycles. The first-order chi connectivity index (χ1) is 8.31. The van der Waals surface area contributed by atoms with Crippen molar-refractivity contribution < 1.29 is 0 Å². The van der Waals surface area contributed by atoms with Crippen LogP contribution >= 0.6 is 32.9 Å². The Balaban J connectivity index is 0. The van der Waals surface area contributed by atoms with Crippen LogP contribution in [0.25, 0.3) is 0 Å². The lowest BCUT2D eigenvalue weighted by Crippen LogP contribution is -2.23. The highest BCUT2D eigenvalue weighted by Crippen LogP contribution is 2.10. The van der Waals surface area contributed by atoms with Gasteiger partial charge in [-0.3, -0.25) is 0 Å². The molecular formula is C15H33Br2N. The third-order valence-electron chi connectivity index (χ3n) is 3.25. The number of alkyl halides is 1. The van der Waals surface area contributed by atoms with Crippen molar-refractivity contribution in [2.45, 2.75) is 89.4 Å². The average Bonchev–Trinajstić information content (AvgIpc) is 2.35. The van der Waals surface area contributed by atoms with Gasteiger partial charge in [0.2, 0.25) is 0 Å². The molecule has 1 atom stereocenters. The highest BCUT2D eigenvalue weighted by molar-refractivity contribution is 9.09. The number of unbranched alkanes of at least 4 members (excludes halogenated alkanes) is 9. The summed E-state index contributed by atoms with van der Waals surface area (Å²) >= 11 is 3.59. The zero-order valence-corrected chi connectivity index (χ0v) is 15.6. The monoisotopic (exact) mass is 385 g/mol. The van der Waals surface area contributed by atoms with Crippen molar-refractivity contribution in [3.8, 4) is 0 Å². The molecular weight excluding hydrogens is 354 g/mol. The standard InChI is InChI=1S/C15H32BrN.BrH/c1-3-5-6-7-8-9-10-11-12-13-14-17-15(16)4-2;/h15,17H,3-14H2,1-2H3;1H. The third kappa shape index (κ3) is 16.9. The van der Waals surface area contributed by atoms with Crippen LogP contribution in [-0.4, -0.2) is 11.5 Å². The first-order valence-corrected chi connectivity index (χ1v) is 8.60. The number of nitrogens with one attached hydrogen (secondary N) is 1. The minimum Gasteiger partial charge on any atom is -0.305 e. The second-order valence-corrected chi connectivity index (χ2v) is 6.12. The largest absolute Gasteiger partial charge is 0.305 e. The quantitative estimate of drug-likeness (QED) is 0.225. The van der Waals surface area contributed by atoms with E-state index in [9.17, 15) is 0 Å². The molecule has 0 aliphatic rings. The van der Waals surface area contributed by atoms with Gasteiger partial charge in [0.15, 0.2) is 0 Å². The van der Waals surface area contributed by atoms with E-state index in [0.717, 1.165) is 6.42 Å². The van der Waals surface area contributed by atoms with E-state index in [0.29, 0.717) is 4.95 Å². The zero-order chi connectivity index (χ0) is 12.8. The Kier molecular flexibility index (Phi) is 21.1. The van der Waals surface area contributed by atoms with Gasteiger partial charge in [-0.25, -0.2) is 0 Å². The van der Waals surface area contributed by atoms with Crippen molar-refractivity contribution in [3.63, 3.8) is 0 Å². The van der Waals surface area contributed by atoms with Crippen LogP contribution in [0, 0.1) is 0 Å². The summed E-state index contributed by atoms with van der Waals surface area (Å²) in [5.41, 5.74) is 0. The molecule has 0 aliphatic heterocycles. The van der Waals surface area contributed by atoms with Gasteiger partial charge < -0.3 is 5.32 Å². The van der Waals surface area contributed by atoms with Crippen LogP contribution in [0.5, 0.6) is 0 Å². The molecule has 0 saturated heterocycles. The molecule has 0 spiro atoms. The van der Waals surface area contributed by atoms with E-state index in [-0.39, 0.29) is 17.0 Å². The fourth-order valence-electron chi connectivity index (χ4n) is 2.02. The van der Waals surface area contributed by atoms with Gasteiger partial charge in [0.05, 0.1) is 4.95 Å². The lowest BCUT2D eigenvalue weighted by atomic mass is 10.1. The van der Waals surface area contributed by atoms with E-state index in [1.54, 1.807) is 0 Å². The van der Waals surface area contributed by atoms with E-state index in [2.05, 4.69) is 35.1 Å². The van der Waals surface area contributed by atoms with Gasteiger partial charge in [0.25, 0.3) is 0 Å². The van der Waals surface area contributed by atoms with E-state index in [1.807, 2.05) is 0 Å². The second kappa shape index (κ2) is 17.9. The van der Waals surface area contributed by atoms with Crippen LogP contribution in [-0.2, 0) is 0 Å². The van der Waals surface area contributed by atoms with Gasteiger partial charge in [-0.1, -0.05) is 87.6 Å². The predicted octanol–water partition coefficient (Wildman–Crippen LogP) is 6.21. The lowest BCUT2D eigenvalue weighted by Gasteiger charge is -2.08. The van der Waals surface area contributed by atoms with Crippen molar-refractivity contribution in [1.29, 1.82) is 0 Å². The first kappa shape index (κ1) is 21.2. The lowest BCUT2D eigenvalue weighted by molar-refractivity contribution is 0.538. The van der Waals surface area contributed by atoms with Gasteiger partial charge in [0.1, 0.15) is 0 Å². The van der Waals surface area contributed by atoms with Crippen molar-refractivity contribution in [2.24, 2.45) is 0 Å². The van der Waals surface area contributed by atoms with Crippen LogP contribution in [0.1, 0.15) is 84.5 Å². The summed E-state index contributed by atoms with van der Waals surface area (Å²) in [5.74, 6) is 0. The Hall–Kier alpha value is 0.920. The van der Waals surface area contributed by atoms with E-state index >= 15 is 0 Å². The number of hydrogen-bond acceptors (Lipinski definition) is 1. The molecule has 0 radical (unpaired) electrons. The van der Waals surface area contributed by atoms with Crippen LogP contribution < -0.4 is 5.32 Å². The fourth-order valence-corrected chi connectivity index (χ4v) is 2.24. The van der Waals surface area contributed by atoms with Gasteiger partial charge in [0, 0.05) is 0 Å². The summed E-state index contributed by atoms with van der Waals surface area (Å²) in [5, 5.41) is 3.47. The van der Waals surface area contributed by atoms with Gasteiger partial charge >= 0.3 is 0 Å². The normalized spacial score (nSPS) is 12.2. The highest BCUT2D eigenvalue weighted by atomic mass is 79.9. The molecule has 0 aromatic carbocycles. The van der Waals surface area contributed by atoms with Crippen molar-refractivity contribution in [3.05, 3.63) is 0 Å². The molecule has 0 heterocycles. The minimum atomic E-state index is 0. The number of halogens is 2. The first-order valence-electron chi connectivity index (χ1n) is 7.68. The highest BCUT2D eigenvalue weighted by Gasteiger charge is 1.97. The topological polar surface area (TPSA) is 12.0 Å². The Morgan fingerprint density at radius 3 is 1.67 bits per heavy atom. The Labute approximate surface area is 134 Å². The molecule has 1 N–H and O–H groups in total. The molecule has 0 aliphatic carbocycles. The predicted molar refractivity (Wildman–Crippen MR) is 93.2 cm³/mol. The number of hydrogen-bond donors (Lipinski definition) is 1. The van der Waals surface area contributed by atoms with E-state index in [4.69, 9.17) is 0 Å². The summed E-state index contributed by atoms with van der Waals surface area (Å²) < 4.78 is 0. The Bertz CT molecular complexity index is 142. The smallest absolute Gasteiger partial charge is 0.0628 e. The van der Waals surface area contributed by atoms with Gasteiger partial charge in [-0.2, -0.15) is 0 Å². The molecule has 1 nitrogen and oxygen atoms in total. The van der Waals surface area contributed by atoms with Crippen LogP contribution in [0.2, 0.25) is 0 Å². The van der Waals surface area contributed by atoms with Crippen LogP contribution in [0.15, 0.2) is 0 Å². The summed E-state index contributed by atoms with van der Waals surface area (Å²) in [6.07, 6.45) is 15.4. The summed E-state index contributed by atoms with van der Waals surface area (Å²) in [7, 11) is 0. The van der Waals surface area contributed by atoms with Crippen LogP contribution in [0.3, 0.4) is 0 Å². The summed E-state index contributed by atoms with van der Waals surface area (Å²) in [6, 6.07) is 0. The Morgan fingerprint density at radius 2 is 1.22 bits per heavy atom. The van der Waals surface area contributed by atoms with Crippen molar-refractivity contribution in [2.75, 3.05) is 6.54 Å². The third-order valence-corrected chi connectivity index (χ3v) is 4.23. The molecule has 0 amide bonds. The van der Waals surface area contributed by atoms with Crippen LogP contribution in [0.4, 0.5) is 0 Å². The molecule has 18 heavy (non-hydrogen) atoms. The zero-order valence-electron chi connectivity index (χ0n) is 12.3. The van der Waals surface area contributed by atoms with E-state index < -0.39 is 0 Å². The second-order valence-electron chi connectivity index (χ2n) is 5.01. The maximum Gasteiger partial charge on any atom is 0.0628 e.